The minimum absolute atomic E-state index is 0.154. The van der Waals surface area contributed by atoms with Gasteiger partial charge in [-0.1, -0.05) is 67.4 Å². The molecular weight excluding hydrogens is 294 g/mol. The maximum absolute atomic E-state index is 6.01. The van der Waals surface area contributed by atoms with Gasteiger partial charge < -0.3 is 10.1 Å². The highest BCUT2D eigenvalue weighted by Crippen LogP contribution is 2.39. The van der Waals surface area contributed by atoms with E-state index in [9.17, 15) is 0 Å². The Morgan fingerprint density at radius 1 is 0.958 bits per heavy atom. The highest BCUT2D eigenvalue weighted by atomic mass is 16.5. The topological polar surface area (TPSA) is 21.3 Å². The summed E-state index contributed by atoms with van der Waals surface area (Å²) in [5.41, 5.74) is 3.01. The van der Waals surface area contributed by atoms with Gasteiger partial charge in [0.05, 0.1) is 12.3 Å². The van der Waals surface area contributed by atoms with Crippen LogP contribution in [0.2, 0.25) is 0 Å². The number of hydrogen-bond acceptors (Lipinski definition) is 2. The second-order valence-electron chi connectivity index (χ2n) is 8.81. The third-order valence-corrected chi connectivity index (χ3v) is 4.33. The fourth-order valence-electron chi connectivity index (χ4n) is 3.37. The fourth-order valence-corrected chi connectivity index (χ4v) is 3.37. The maximum Gasteiger partial charge on any atom is 0.142 e. The second-order valence-corrected chi connectivity index (χ2v) is 8.81. The second kappa shape index (κ2) is 9.34. The number of ether oxygens (including phenoxy) is 1. The summed E-state index contributed by atoms with van der Waals surface area (Å²) in [6, 6.07) is 6.71. The van der Waals surface area contributed by atoms with Crippen LogP contribution in [-0.2, 0) is 5.41 Å². The van der Waals surface area contributed by atoms with Crippen LogP contribution in [0, 0.1) is 5.41 Å². The molecule has 1 aromatic carbocycles. The Labute approximate surface area is 150 Å². The molecule has 1 aromatic rings. The molecule has 0 atom stereocenters. The Morgan fingerprint density at radius 3 is 2.21 bits per heavy atom. The van der Waals surface area contributed by atoms with Crippen LogP contribution in [0.25, 0.3) is 0 Å². The highest BCUT2D eigenvalue weighted by molar-refractivity contribution is 5.59. The van der Waals surface area contributed by atoms with Gasteiger partial charge in [0.1, 0.15) is 5.75 Å². The predicted molar refractivity (Wildman–Crippen MR) is 107 cm³/mol. The maximum atomic E-state index is 6.01. The summed E-state index contributed by atoms with van der Waals surface area (Å²) in [7, 11) is 0. The minimum Gasteiger partial charge on any atom is -0.491 e. The van der Waals surface area contributed by atoms with Crippen molar-refractivity contribution in [2.24, 2.45) is 5.41 Å². The molecule has 0 heterocycles. The molecule has 24 heavy (non-hydrogen) atoms. The molecule has 0 aliphatic carbocycles. The Balaban J connectivity index is 3.00. The van der Waals surface area contributed by atoms with Crippen molar-refractivity contribution in [2.45, 2.75) is 86.0 Å². The highest BCUT2D eigenvalue weighted by Gasteiger charge is 2.27. The fraction of sp³-hybridized carbons (Fsp3) is 0.727. The van der Waals surface area contributed by atoms with Crippen LogP contribution >= 0.6 is 0 Å². The lowest BCUT2D eigenvalue weighted by atomic mass is 9.72. The van der Waals surface area contributed by atoms with Gasteiger partial charge in [-0.25, -0.2) is 0 Å². The molecule has 1 N–H and O–H groups in total. The van der Waals surface area contributed by atoms with E-state index >= 15 is 0 Å². The van der Waals surface area contributed by atoms with E-state index < -0.39 is 0 Å². The van der Waals surface area contributed by atoms with Crippen molar-refractivity contribution in [2.75, 3.05) is 18.5 Å². The minimum atomic E-state index is 0.154. The van der Waals surface area contributed by atoms with Crippen molar-refractivity contribution in [3.63, 3.8) is 0 Å². The smallest absolute Gasteiger partial charge is 0.142 e. The number of unbranched alkanes of at least 4 members (excludes halogenated alkanes) is 2. The summed E-state index contributed by atoms with van der Waals surface area (Å²) in [5, 5.41) is 3.59. The van der Waals surface area contributed by atoms with Crippen molar-refractivity contribution in [1.29, 1.82) is 0 Å². The van der Waals surface area contributed by atoms with E-state index in [-0.39, 0.29) is 5.41 Å². The largest absolute Gasteiger partial charge is 0.491 e. The van der Waals surface area contributed by atoms with Crippen molar-refractivity contribution >= 4 is 5.69 Å². The zero-order chi connectivity index (χ0) is 18.2. The van der Waals surface area contributed by atoms with Crippen molar-refractivity contribution in [3.05, 3.63) is 23.8 Å². The Kier molecular flexibility index (Phi) is 8.12. The van der Waals surface area contributed by atoms with Gasteiger partial charge in [-0.15, -0.1) is 0 Å². The van der Waals surface area contributed by atoms with Gasteiger partial charge >= 0.3 is 0 Å². The average Bonchev–Trinajstić information content (AvgIpc) is 2.46. The molecule has 0 amide bonds. The zero-order valence-corrected chi connectivity index (χ0v) is 17.1. The molecule has 0 saturated heterocycles. The number of nitrogens with one attached hydrogen (secondary N) is 1. The van der Waals surface area contributed by atoms with Gasteiger partial charge in [0.15, 0.2) is 0 Å². The van der Waals surface area contributed by atoms with E-state index in [4.69, 9.17) is 4.74 Å². The lowest BCUT2D eigenvalue weighted by molar-refractivity contribution is 0.283. The van der Waals surface area contributed by atoms with Gasteiger partial charge in [0.25, 0.3) is 0 Å². The predicted octanol–water partition coefficient (Wildman–Crippen LogP) is 6.79. The van der Waals surface area contributed by atoms with E-state index in [2.05, 4.69) is 72.0 Å². The third-order valence-electron chi connectivity index (χ3n) is 4.33. The van der Waals surface area contributed by atoms with Gasteiger partial charge in [0, 0.05) is 6.54 Å². The van der Waals surface area contributed by atoms with E-state index in [0.717, 1.165) is 43.9 Å². The van der Waals surface area contributed by atoms with Gasteiger partial charge in [-0.05, 0) is 47.8 Å². The van der Waals surface area contributed by atoms with Crippen LogP contribution in [0.15, 0.2) is 18.2 Å². The number of hydrogen-bond donors (Lipinski definition) is 1. The van der Waals surface area contributed by atoms with Gasteiger partial charge in [-0.2, -0.15) is 0 Å². The number of anilines is 1. The molecule has 0 radical (unpaired) electrons. The average molecular weight is 334 g/mol. The number of rotatable bonds is 10. The molecule has 0 aliphatic rings. The van der Waals surface area contributed by atoms with Gasteiger partial charge in [0.2, 0.25) is 0 Å². The summed E-state index contributed by atoms with van der Waals surface area (Å²) in [6.45, 7) is 17.9. The standard InChI is InChI=1S/C22H39NO/c1-8-10-14-23-19-16-18(22(6,7)17-21(3,4)5)12-13-20(19)24-15-11-9-2/h12-13,16,23H,8-11,14-15,17H2,1-7H3. The molecule has 0 saturated carbocycles. The summed E-state index contributed by atoms with van der Waals surface area (Å²) >= 11 is 0. The summed E-state index contributed by atoms with van der Waals surface area (Å²) in [6.07, 6.45) is 5.81. The van der Waals surface area contributed by atoms with Crippen LogP contribution in [0.4, 0.5) is 5.69 Å². The first-order valence-corrected chi connectivity index (χ1v) is 9.71. The lowest BCUT2D eigenvalue weighted by Crippen LogP contribution is -2.25. The third kappa shape index (κ3) is 7.15. The zero-order valence-electron chi connectivity index (χ0n) is 17.1. The molecule has 0 unspecified atom stereocenters. The Hall–Kier alpha value is -1.18. The van der Waals surface area contributed by atoms with Crippen molar-refractivity contribution in [1.82, 2.24) is 0 Å². The van der Waals surface area contributed by atoms with E-state index in [0.29, 0.717) is 5.41 Å². The Bertz CT molecular complexity index is 485. The van der Waals surface area contributed by atoms with Crippen LogP contribution in [0.3, 0.4) is 0 Å². The molecule has 0 aliphatic heterocycles. The van der Waals surface area contributed by atoms with Crippen molar-refractivity contribution in [3.8, 4) is 5.75 Å². The quantitative estimate of drug-likeness (QED) is 0.476. The molecule has 0 spiro atoms. The first kappa shape index (κ1) is 20.9. The monoisotopic (exact) mass is 333 g/mol. The van der Waals surface area contributed by atoms with E-state index in [1.807, 2.05) is 0 Å². The van der Waals surface area contributed by atoms with Crippen LogP contribution in [0.1, 0.15) is 86.1 Å². The lowest BCUT2D eigenvalue weighted by Gasteiger charge is -2.33. The SMILES string of the molecule is CCCCNc1cc(C(C)(C)CC(C)(C)C)ccc1OCCCC. The molecule has 0 fully saturated rings. The molecule has 0 aromatic heterocycles. The van der Waals surface area contributed by atoms with E-state index in [1.165, 1.54) is 18.4 Å². The van der Waals surface area contributed by atoms with Crippen LogP contribution < -0.4 is 10.1 Å². The molecule has 0 bridgehead atoms. The summed E-state index contributed by atoms with van der Waals surface area (Å²) < 4.78 is 6.01. The first-order valence-electron chi connectivity index (χ1n) is 9.71. The molecular formula is C22H39NO. The molecule has 2 nitrogen and oxygen atoms in total. The van der Waals surface area contributed by atoms with Crippen LogP contribution in [0.5, 0.6) is 5.75 Å². The normalized spacial score (nSPS) is 12.3. The van der Waals surface area contributed by atoms with Crippen molar-refractivity contribution < 1.29 is 4.74 Å². The first-order chi connectivity index (χ1) is 11.2. The molecule has 2 heteroatoms. The van der Waals surface area contributed by atoms with Gasteiger partial charge in [-0.3, -0.25) is 0 Å². The molecule has 1 rings (SSSR count). The summed E-state index contributed by atoms with van der Waals surface area (Å²) in [4.78, 5) is 0. The molecule has 138 valence electrons. The summed E-state index contributed by atoms with van der Waals surface area (Å²) in [5.74, 6) is 0.995. The van der Waals surface area contributed by atoms with Crippen LogP contribution in [-0.4, -0.2) is 13.2 Å². The number of benzene rings is 1. The Morgan fingerprint density at radius 2 is 1.62 bits per heavy atom. The van der Waals surface area contributed by atoms with E-state index in [1.54, 1.807) is 0 Å².